The predicted octanol–water partition coefficient (Wildman–Crippen LogP) is 6.07. The Bertz CT molecular complexity index is 1160. The fraction of sp³-hybridized carbons (Fsp3) is 0.286. The summed E-state index contributed by atoms with van der Waals surface area (Å²) in [5.41, 5.74) is 1.18. The first-order valence-electron chi connectivity index (χ1n) is 11.8. The molecule has 1 N–H and O–H groups in total. The van der Waals surface area contributed by atoms with E-state index in [4.69, 9.17) is 27.9 Å². The second-order valence-electron chi connectivity index (χ2n) is 8.33. The minimum Gasteiger partial charge on any atom is -0.482 e. The van der Waals surface area contributed by atoms with Gasteiger partial charge in [-0.3, -0.25) is 9.59 Å². The number of carbonyl (C=O) groups excluding carboxylic acids is 2. The van der Waals surface area contributed by atoms with Crippen LogP contribution in [0.4, 0.5) is 4.39 Å². The molecule has 1 unspecified atom stereocenters. The fourth-order valence-corrected chi connectivity index (χ4v) is 4.15. The summed E-state index contributed by atoms with van der Waals surface area (Å²) in [6.45, 7) is 2.03. The maximum atomic E-state index is 14.6. The number of rotatable bonds is 12. The van der Waals surface area contributed by atoms with Gasteiger partial charge in [0.25, 0.3) is 5.91 Å². The Balaban J connectivity index is 1.90. The Hall–Kier alpha value is -3.09. The molecule has 0 saturated heterocycles. The average molecular weight is 531 g/mol. The first-order chi connectivity index (χ1) is 17.4. The van der Waals surface area contributed by atoms with Gasteiger partial charge in [-0.05, 0) is 36.2 Å². The van der Waals surface area contributed by atoms with E-state index in [1.54, 1.807) is 30.3 Å². The first kappa shape index (κ1) is 27.5. The molecule has 0 aliphatic carbocycles. The summed E-state index contributed by atoms with van der Waals surface area (Å²) in [5, 5.41) is 3.62. The smallest absolute Gasteiger partial charge is 0.261 e. The third-order valence-corrected chi connectivity index (χ3v) is 6.17. The van der Waals surface area contributed by atoms with Crippen molar-refractivity contribution in [3.8, 4) is 5.75 Å². The molecule has 5 nitrogen and oxygen atoms in total. The molecule has 0 fully saturated rings. The molecular formula is C28H29Cl2FN2O3. The molecule has 3 rings (SSSR count). The van der Waals surface area contributed by atoms with Crippen LogP contribution < -0.4 is 10.1 Å². The molecule has 2 amide bonds. The van der Waals surface area contributed by atoms with Crippen LogP contribution in [-0.4, -0.2) is 35.9 Å². The number of carbonyl (C=O) groups is 2. The van der Waals surface area contributed by atoms with Crippen molar-refractivity contribution in [1.82, 2.24) is 10.2 Å². The number of nitrogens with zero attached hydrogens (tertiary/aromatic N) is 1. The van der Waals surface area contributed by atoms with E-state index < -0.39 is 17.8 Å². The summed E-state index contributed by atoms with van der Waals surface area (Å²) in [6.07, 6.45) is 1.99. The Morgan fingerprint density at radius 3 is 2.44 bits per heavy atom. The van der Waals surface area contributed by atoms with Crippen LogP contribution in [0.25, 0.3) is 0 Å². The fourth-order valence-electron chi connectivity index (χ4n) is 3.68. The third-order valence-electron chi connectivity index (χ3n) is 5.64. The van der Waals surface area contributed by atoms with E-state index >= 15 is 0 Å². The lowest BCUT2D eigenvalue weighted by molar-refractivity contribution is -0.142. The normalized spacial score (nSPS) is 11.6. The van der Waals surface area contributed by atoms with Gasteiger partial charge in [-0.25, -0.2) is 4.39 Å². The highest BCUT2D eigenvalue weighted by molar-refractivity contribution is 6.35. The van der Waals surface area contributed by atoms with Gasteiger partial charge in [0.1, 0.15) is 17.6 Å². The van der Waals surface area contributed by atoms with Crippen LogP contribution in [0.1, 0.15) is 30.9 Å². The number of benzene rings is 3. The molecule has 3 aromatic rings. The molecule has 0 saturated carbocycles. The van der Waals surface area contributed by atoms with Gasteiger partial charge in [0, 0.05) is 30.1 Å². The van der Waals surface area contributed by atoms with Crippen LogP contribution >= 0.6 is 23.2 Å². The standard InChI is InChI=1S/C28H29Cl2FN2O3/c1-2-3-15-32-28(35)25(16-20-9-5-4-6-10-20)33(18-21-11-7-8-12-24(21)31)27(34)19-36-26-14-13-22(29)17-23(26)30/h4-14,17,25H,2-3,15-16,18-19H2,1H3,(H,32,35). The Morgan fingerprint density at radius 2 is 1.75 bits per heavy atom. The zero-order valence-corrected chi connectivity index (χ0v) is 21.6. The van der Waals surface area contributed by atoms with E-state index in [-0.39, 0.29) is 36.3 Å². The van der Waals surface area contributed by atoms with Crippen molar-refractivity contribution in [2.75, 3.05) is 13.2 Å². The number of unbranched alkanes of at least 4 members (excludes halogenated alkanes) is 1. The topological polar surface area (TPSA) is 58.6 Å². The molecule has 0 bridgehead atoms. The lowest BCUT2D eigenvalue weighted by Gasteiger charge is -2.31. The van der Waals surface area contributed by atoms with Gasteiger partial charge in [-0.1, -0.05) is 85.1 Å². The quantitative estimate of drug-likeness (QED) is 0.289. The predicted molar refractivity (Wildman–Crippen MR) is 141 cm³/mol. The molecule has 0 aromatic heterocycles. The maximum absolute atomic E-state index is 14.6. The van der Waals surface area contributed by atoms with Crippen molar-refractivity contribution in [3.05, 3.63) is 99.8 Å². The number of halogens is 3. The van der Waals surface area contributed by atoms with Crippen molar-refractivity contribution < 1.29 is 18.7 Å². The lowest BCUT2D eigenvalue weighted by Crippen LogP contribution is -2.52. The zero-order chi connectivity index (χ0) is 25.9. The molecule has 0 aliphatic rings. The van der Waals surface area contributed by atoms with Crippen molar-refractivity contribution in [2.45, 2.75) is 38.8 Å². The van der Waals surface area contributed by atoms with Gasteiger partial charge in [-0.15, -0.1) is 0 Å². The van der Waals surface area contributed by atoms with Gasteiger partial charge in [0.15, 0.2) is 6.61 Å². The van der Waals surface area contributed by atoms with Crippen molar-refractivity contribution in [3.63, 3.8) is 0 Å². The minimum atomic E-state index is -0.874. The summed E-state index contributed by atoms with van der Waals surface area (Å²) >= 11 is 12.1. The van der Waals surface area contributed by atoms with Crippen LogP contribution in [0, 0.1) is 5.82 Å². The number of hydrogen-bond acceptors (Lipinski definition) is 3. The first-order valence-corrected chi connectivity index (χ1v) is 12.6. The molecule has 0 radical (unpaired) electrons. The van der Waals surface area contributed by atoms with E-state index in [9.17, 15) is 14.0 Å². The second-order valence-corrected chi connectivity index (χ2v) is 9.17. The third kappa shape index (κ3) is 7.97. The molecule has 0 heterocycles. The van der Waals surface area contributed by atoms with Crippen LogP contribution in [0.5, 0.6) is 5.75 Å². The van der Waals surface area contributed by atoms with Gasteiger partial charge in [0.2, 0.25) is 5.91 Å². The highest BCUT2D eigenvalue weighted by atomic mass is 35.5. The van der Waals surface area contributed by atoms with Gasteiger partial charge >= 0.3 is 0 Å². The molecule has 8 heteroatoms. The Morgan fingerprint density at radius 1 is 1.03 bits per heavy atom. The molecule has 190 valence electrons. The molecule has 1 atom stereocenters. The lowest BCUT2D eigenvalue weighted by atomic mass is 10.0. The van der Waals surface area contributed by atoms with Gasteiger partial charge < -0.3 is 15.0 Å². The minimum absolute atomic E-state index is 0.0953. The summed E-state index contributed by atoms with van der Waals surface area (Å²) in [7, 11) is 0. The summed E-state index contributed by atoms with van der Waals surface area (Å²) < 4.78 is 20.3. The van der Waals surface area contributed by atoms with Crippen molar-refractivity contribution in [1.29, 1.82) is 0 Å². The van der Waals surface area contributed by atoms with Crippen LogP contribution in [-0.2, 0) is 22.6 Å². The van der Waals surface area contributed by atoms with E-state index in [2.05, 4.69) is 5.32 Å². The number of ether oxygens (including phenoxy) is 1. The Labute approximate surface area is 221 Å². The van der Waals surface area contributed by atoms with Crippen molar-refractivity contribution in [2.24, 2.45) is 0 Å². The highest BCUT2D eigenvalue weighted by Crippen LogP contribution is 2.27. The number of nitrogens with one attached hydrogen (secondary N) is 1. The van der Waals surface area contributed by atoms with E-state index in [1.807, 2.05) is 37.3 Å². The maximum Gasteiger partial charge on any atom is 0.261 e. The second kappa shape index (κ2) is 13.9. The highest BCUT2D eigenvalue weighted by Gasteiger charge is 2.31. The molecular weight excluding hydrogens is 502 g/mol. The van der Waals surface area contributed by atoms with E-state index in [0.717, 1.165) is 18.4 Å². The van der Waals surface area contributed by atoms with Crippen LogP contribution in [0.15, 0.2) is 72.8 Å². The van der Waals surface area contributed by atoms with Gasteiger partial charge in [-0.2, -0.15) is 0 Å². The van der Waals surface area contributed by atoms with Crippen LogP contribution in [0.2, 0.25) is 10.0 Å². The zero-order valence-electron chi connectivity index (χ0n) is 20.1. The average Bonchev–Trinajstić information content (AvgIpc) is 2.87. The molecule has 36 heavy (non-hydrogen) atoms. The largest absolute Gasteiger partial charge is 0.482 e. The number of hydrogen-bond donors (Lipinski definition) is 1. The van der Waals surface area contributed by atoms with E-state index in [0.29, 0.717) is 17.1 Å². The Kier molecular flexibility index (Phi) is 10.6. The van der Waals surface area contributed by atoms with Gasteiger partial charge in [0.05, 0.1) is 5.02 Å². The van der Waals surface area contributed by atoms with Crippen LogP contribution in [0.3, 0.4) is 0 Å². The van der Waals surface area contributed by atoms with E-state index in [1.165, 1.54) is 17.0 Å². The SMILES string of the molecule is CCCCNC(=O)C(Cc1ccccc1)N(Cc1ccccc1F)C(=O)COc1ccc(Cl)cc1Cl. The summed E-state index contributed by atoms with van der Waals surface area (Å²) in [4.78, 5) is 28.2. The molecule has 0 aliphatic heterocycles. The molecule has 3 aromatic carbocycles. The van der Waals surface area contributed by atoms with Crippen molar-refractivity contribution >= 4 is 35.0 Å². The summed E-state index contributed by atoms with van der Waals surface area (Å²) in [5.74, 6) is -0.952. The number of amides is 2. The molecule has 0 spiro atoms. The summed E-state index contributed by atoms with van der Waals surface area (Å²) in [6, 6.07) is 19.4. The monoisotopic (exact) mass is 530 g/mol.